The fourth-order valence-electron chi connectivity index (χ4n) is 3.70. The van der Waals surface area contributed by atoms with Crippen LogP contribution in [0.25, 0.3) is 5.69 Å². The van der Waals surface area contributed by atoms with E-state index in [4.69, 9.17) is 0 Å². The van der Waals surface area contributed by atoms with Gasteiger partial charge in [-0.25, -0.2) is 9.97 Å². The molecule has 9 heteroatoms. The molecule has 0 spiro atoms. The molecule has 0 saturated carbocycles. The summed E-state index contributed by atoms with van der Waals surface area (Å²) in [5, 5.41) is 42.4. The standard InChI is InChI=1S/C20H31N5O4/c26-13-16-19(28)20(29)17(27)12-24(16)9-4-2-1-3-7-22-18-6-5-15(11-23-18)25-10-8-21-14-25/h5-6,8,10-11,14,16-17,19-20,26-29H,1-4,7,9,12-13H2,(H,22,23)/t16?,17-,19+,20+/m0/s1. The van der Waals surface area contributed by atoms with E-state index in [-0.39, 0.29) is 13.2 Å². The van der Waals surface area contributed by atoms with E-state index < -0.39 is 24.4 Å². The second-order valence-corrected chi connectivity index (χ2v) is 7.51. The number of rotatable bonds is 10. The zero-order chi connectivity index (χ0) is 20.6. The van der Waals surface area contributed by atoms with Crippen LogP contribution < -0.4 is 5.32 Å². The first-order valence-electron chi connectivity index (χ1n) is 10.2. The molecule has 0 aliphatic carbocycles. The molecule has 9 nitrogen and oxygen atoms in total. The molecule has 160 valence electrons. The highest BCUT2D eigenvalue weighted by molar-refractivity contribution is 5.40. The van der Waals surface area contributed by atoms with E-state index in [2.05, 4.69) is 15.3 Å². The number of aliphatic hydroxyl groups excluding tert-OH is 4. The predicted molar refractivity (Wildman–Crippen MR) is 109 cm³/mol. The van der Waals surface area contributed by atoms with E-state index in [9.17, 15) is 20.4 Å². The van der Waals surface area contributed by atoms with E-state index in [1.54, 1.807) is 18.7 Å². The number of pyridine rings is 1. The van der Waals surface area contributed by atoms with Crippen molar-refractivity contribution in [2.24, 2.45) is 0 Å². The molecule has 1 saturated heterocycles. The third kappa shape index (κ3) is 5.74. The Balaban J connectivity index is 1.30. The molecule has 1 aliphatic rings. The minimum Gasteiger partial charge on any atom is -0.395 e. The second-order valence-electron chi connectivity index (χ2n) is 7.51. The van der Waals surface area contributed by atoms with Gasteiger partial charge in [-0.05, 0) is 31.5 Å². The summed E-state index contributed by atoms with van der Waals surface area (Å²) in [4.78, 5) is 10.3. The maximum Gasteiger partial charge on any atom is 0.126 e. The van der Waals surface area contributed by atoms with Gasteiger partial charge in [0.25, 0.3) is 0 Å². The average Bonchev–Trinajstić information content (AvgIpc) is 3.27. The topological polar surface area (TPSA) is 127 Å². The highest BCUT2D eigenvalue weighted by Crippen LogP contribution is 2.19. The fraction of sp³-hybridized carbons (Fsp3) is 0.600. The van der Waals surface area contributed by atoms with Crippen LogP contribution in [0.3, 0.4) is 0 Å². The quantitative estimate of drug-likeness (QED) is 0.350. The lowest BCUT2D eigenvalue weighted by atomic mass is 9.94. The maximum absolute atomic E-state index is 10.00. The number of imidazole rings is 1. The van der Waals surface area contributed by atoms with Crippen LogP contribution in [0.15, 0.2) is 37.1 Å². The van der Waals surface area contributed by atoms with Crippen molar-refractivity contribution < 1.29 is 20.4 Å². The van der Waals surface area contributed by atoms with Crippen molar-refractivity contribution in [2.75, 3.05) is 31.6 Å². The second kappa shape index (κ2) is 10.7. The van der Waals surface area contributed by atoms with E-state index in [1.807, 2.05) is 27.8 Å². The van der Waals surface area contributed by atoms with Crippen LogP contribution in [0.2, 0.25) is 0 Å². The van der Waals surface area contributed by atoms with Crippen LogP contribution in [0.1, 0.15) is 25.7 Å². The third-order valence-corrected chi connectivity index (χ3v) is 5.44. The molecular weight excluding hydrogens is 374 g/mol. The summed E-state index contributed by atoms with van der Waals surface area (Å²) in [6, 6.07) is 3.42. The lowest BCUT2D eigenvalue weighted by Gasteiger charge is -2.43. The SMILES string of the molecule is OCC1[C@@H](O)[C@H](O)[C@@H](O)CN1CCCCCCNc1ccc(-n2ccnc2)cn1. The van der Waals surface area contributed by atoms with Crippen molar-refractivity contribution in [1.82, 2.24) is 19.4 Å². The van der Waals surface area contributed by atoms with Gasteiger partial charge in [0.2, 0.25) is 0 Å². The summed E-state index contributed by atoms with van der Waals surface area (Å²) in [6.45, 7) is 1.55. The van der Waals surface area contributed by atoms with Gasteiger partial charge in [-0.3, -0.25) is 4.90 Å². The summed E-state index contributed by atoms with van der Waals surface area (Å²) in [5.41, 5.74) is 0.967. The van der Waals surface area contributed by atoms with Gasteiger partial charge in [0.15, 0.2) is 0 Å². The van der Waals surface area contributed by atoms with Crippen molar-refractivity contribution in [2.45, 2.75) is 50.0 Å². The van der Waals surface area contributed by atoms with Crippen LogP contribution in [0.4, 0.5) is 5.82 Å². The monoisotopic (exact) mass is 405 g/mol. The number of nitrogens with zero attached hydrogens (tertiary/aromatic N) is 4. The number of hydrogen-bond acceptors (Lipinski definition) is 8. The number of aromatic nitrogens is 3. The number of β-amino-alcohol motifs (C(OH)–C–C–N with tert-alkyl or cyclic N) is 1. The third-order valence-electron chi connectivity index (χ3n) is 5.44. The Morgan fingerprint density at radius 3 is 2.59 bits per heavy atom. The molecule has 0 aromatic carbocycles. The minimum atomic E-state index is -1.20. The first kappa shape index (κ1) is 21.7. The molecule has 1 fully saturated rings. The fourth-order valence-corrected chi connectivity index (χ4v) is 3.70. The molecule has 3 rings (SSSR count). The summed E-state index contributed by atoms with van der Waals surface area (Å²) in [6.07, 6.45) is 7.82. The summed E-state index contributed by atoms with van der Waals surface area (Å²) in [7, 11) is 0. The molecule has 2 aromatic rings. The molecule has 2 aromatic heterocycles. The highest BCUT2D eigenvalue weighted by Gasteiger charge is 2.40. The lowest BCUT2D eigenvalue weighted by Crippen LogP contribution is -2.62. The Labute approximate surface area is 170 Å². The van der Waals surface area contributed by atoms with Crippen molar-refractivity contribution in [3.05, 3.63) is 37.1 Å². The predicted octanol–water partition coefficient (Wildman–Crippen LogP) is -0.00120. The van der Waals surface area contributed by atoms with Crippen molar-refractivity contribution in [3.63, 3.8) is 0 Å². The zero-order valence-electron chi connectivity index (χ0n) is 16.5. The average molecular weight is 405 g/mol. The van der Waals surface area contributed by atoms with E-state index >= 15 is 0 Å². The molecule has 0 amide bonds. The lowest BCUT2D eigenvalue weighted by molar-refractivity contribution is -0.145. The van der Waals surface area contributed by atoms with Gasteiger partial charge in [0.05, 0.1) is 37.0 Å². The van der Waals surface area contributed by atoms with Gasteiger partial charge >= 0.3 is 0 Å². The maximum atomic E-state index is 10.00. The van der Waals surface area contributed by atoms with Crippen LogP contribution in [-0.2, 0) is 0 Å². The van der Waals surface area contributed by atoms with Crippen molar-refractivity contribution in [3.8, 4) is 5.69 Å². The molecule has 1 aliphatic heterocycles. The van der Waals surface area contributed by atoms with Crippen molar-refractivity contribution in [1.29, 1.82) is 0 Å². The van der Waals surface area contributed by atoms with Crippen LogP contribution in [-0.4, -0.2) is 90.5 Å². The van der Waals surface area contributed by atoms with Crippen LogP contribution in [0.5, 0.6) is 0 Å². The van der Waals surface area contributed by atoms with Gasteiger partial charge in [0.1, 0.15) is 18.0 Å². The number of nitrogens with one attached hydrogen (secondary N) is 1. The van der Waals surface area contributed by atoms with Gasteiger partial charge < -0.3 is 30.3 Å². The van der Waals surface area contributed by atoms with Gasteiger partial charge in [-0.2, -0.15) is 0 Å². The number of unbranched alkanes of at least 4 members (excludes halogenated alkanes) is 3. The number of anilines is 1. The van der Waals surface area contributed by atoms with E-state index in [1.165, 1.54) is 0 Å². The molecule has 0 radical (unpaired) electrons. The number of likely N-dealkylation sites (tertiary alicyclic amines) is 1. The Morgan fingerprint density at radius 1 is 1.07 bits per heavy atom. The summed E-state index contributed by atoms with van der Waals surface area (Å²) < 4.78 is 1.90. The van der Waals surface area contributed by atoms with Gasteiger partial charge in [0, 0.05) is 25.5 Å². The Morgan fingerprint density at radius 2 is 1.90 bits per heavy atom. The van der Waals surface area contributed by atoms with Gasteiger partial charge in [-0.1, -0.05) is 12.8 Å². The van der Waals surface area contributed by atoms with E-state index in [0.29, 0.717) is 6.54 Å². The Hall–Kier alpha value is -2.04. The first-order valence-corrected chi connectivity index (χ1v) is 10.2. The summed E-state index contributed by atoms with van der Waals surface area (Å²) >= 11 is 0. The van der Waals surface area contributed by atoms with Gasteiger partial charge in [-0.15, -0.1) is 0 Å². The molecule has 29 heavy (non-hydrogen) atoms. The highest BCUT2D eigenvalue weighted by atomic mass is 16.4. The zero-order valence-corrected chi connectivity index (χ0v) is 16.5. The Bertz CT molecular complexity index is 712. The number of aliphatic hydroxyl groups is 4. The smallest absolute Gasteiger partial charge is 0.126 e. The molecule has 3 heterocycles. The minimum absolute atomic E-state index is 0.235. The van der Waals surface area contributed by atoms with Crippen LogP contribution in [0, 0.1) is 0 Å². The largest absolute Gasteiger partial charge is 0.395 e. The summed E-state index contributed by atoms with van der Waals surface area (Å²) in [5.74, 6) is 0.842. The van der Waals surface area contributed by atoms with E-state index in [0.717, 1.165) is 43.7 Å². The first-order chi connectivity index (χ1) is 14.1. The molecule has 4 atom stereocenters. The molecule has 0 bridgehead atoms. The number of piperidine rings is 1. The molecular formula is C20H31N5O4. The number of hydrogen-bond donors (Lipinski definition) is 5. The van der Waals surface area contributed by atoms with Crippen molar-refractivity contribution >= 4 is 5.82 Å². The normalized spacial score (nSPS) is 25.2. The van der Waals surface area contributed by atoms with Crippen LogP contribution >= 0.6 is 0 Å². The molecule has 5 N–H and O–H groups in total. The molecule has 1 unspecified atom stereocenters. The Kier molecular flexibility index (Phi) is 7.96.